The van der Waals surface area contributed by atoms with Gasteiger partial charge in [0.2, 0.25) is 0 Å². The summed E-state index contributed by atoms with van der Waals surface area (Å²) in [5, 5.41) is 0. The van der Waals surface area contributed by atoms with Gasteiger partial charge in [0.05, 0.1) is 0 Å². The van der Waals surface area contributed by atoms with E-state index in [1.165, 1.54) is 18.4 Å². The van der Waals surface area contributed by atoms with E-state index in [0.717, 1.165) is 25.2 Å². The fourth-order valence-corrected chi connectivity index (χ4v) is 2.81. The smallest absolute Gasteiger partial charge is 0.155 e. The zero-order valence-corrected chi connectivity index (χ0v) is 8.60. The highest BCUT2D eigenvalue weighted by atomic mass is 16.1. The van der Waals surface area contributed by atoms with Gasteiger partial charge in [0.1, 0.15) is 0 Å². The van der Waals surface area contributed by atoms with Gasteiger partial charge in [-0.15, -0.1) is 0 Å². The van der Waals surface area contributed by atoms with Crippen LogP contribution in [0, 0.1) is 11.3 Å². The van der Waals surface area contributed by atoms with Crippen LogP contribution in [0.2, 0.25) is 0 Å². The zero-order chi connectivity index (χ0) is 9.47. The predicted octanol–water partition coefficient (Wildman–Crippen LogP) is 3.10. The number of carbonyl (C=O) groups excluding carboxylic acids is 1. The van der Waals surface area contributed by atoms with Crippen LogP contribution in [0.25, 0.3) is 0 Å². The van der Waals surface area contributed by atoms with Crippen molar-refractivity contribution >= 4 is 5.78 Å². The molecule has 0 unspecified atom stereocenters. The summed E-state index contributed by atoms with van der Waals surface area (Å²) < 4.78 is 0. The summed E-state index contributed by atoms with van der Waals surface area (Å²) in [5.41, 5.74) is 1.79. The second kappa shape index (κ2) is 2.97. The molecule has 0 aromatic heterocycles. The topological polar surface area (TPSA) is 17.1 Å². The molecule has 1 fully saturated rings. The standard InChI is InChI=1S/C12H18O/c1-9-4-3-5-10-8-11(13)6-7-12(9,10)2/h8-9H,3-7H2,1-2H3/t9-,12-/m0/s1. The SMILES string of the molecule is C[C@H]1CCCC2=CC(=O)CC[C@]21C. The lowest BCUT2D eigenvalue weighted by Crippen LogP contribution is -2.34. The van der Waals surface area contributed by atoms with E-state index in [1.807, 2.05) is 6.08 Å². The summed E-state index contributed by atoms with van der Waals surface area (Å²) in [6.07, 6.45) is 7.55. The minimum atomic E-state index is 0.349. The molecule has 0 heterocycles. The molecule has 0 aromatic rings. The fraction of sp³-hybridized carbons (Fsp3) is 0.750. The normalized spacial score (nSPS) is 39.7. The van der Waals surface area contributed by atoms with Crippen molar-refractivity contribution in [2.75, 3.05) is 0 Å². The highest BCUT2D eigenvalue weighted by Gasteiger charge is 2.39. The minimum absolute atomic E-state index is 0.349. The van der Waals surface area contributed by atoms with Crippen LogP contribution in [0.1, 0.15) is 46.0 Å². The van der Waals surface area contributed by atoms with Gasteiger partial charge < -0.3 is 0 Å². The van der Waals surface area contributed by atoms with Crippen molar-refractivity contribution in [3.8, 4) is 0 Å². The molecule has 1 saturated carbocycles. The Morgan fingerprint density at radius 3 is 3.00 bits per heavy atom. The van der Waals surface area contributed by atoms with Gasteiger partial charge in [-0.25, -0.2) is 0 Å². The number of hydrogen-bond acceptors (Lipinski definition) is 1. The van der Waals surface area contributed by atoms with Gasteiger partial charge >= 0.3 is 0 Å². The van der Waals surface area contributed by atoms with Gasteiger partial charge in [-0.05, 0) is 43.1 Å². The molecule has 0 bridgehead atoms. The van der Waals surface area contributed by atoms with Crippen LogP contribution in [0.3, 0.4) is 0 Å². The van der Waals surface area contributed by atoms with Crippen LogP contribution >= 0.6 is 0 Å². The average Bonchev–Trinajstić information content (AvgIpc) is 2.09. The van der Waals surface area contributed by atoms with Crippen LogP contribution in [0.4, 0.5) is 0 Å². The first-order valence-electron chi connectivity index (χ1n) is 5.37. The van der Waals surface area contributed by atoms with Crippen LogP contribution in [0.5, 0.6) is 0 Å². The Morgan fingerprint density at radius 1 is 1.46 bits per heavy atom. The maximum Gasteiger partial charge on any atom is 0.155 e. The second-order valence-corrected chi connectivity index (χ2v) is 4.85. The molecule has 2 aliphatic rings. The van der Waals surface area contributed by atoms with Crippen molar-refractivity contribution in [1.29, 1.82) is 0 Å². The number of hydrogen-bond donors (Lipinski definition) is 0. The van der Waals surface area contributed by atoms with E-state index in [0.29, 0.717) is 11.2 Å². The molecule has 72 valence electrons. The number of allylic oxidation sites excluding steroid dienone is 2. The summed E-state index contributed by atoms with van der Waals surface area (Å²) in [5.74, 6) is 1.11. The molecule has 0 saturated heterocycles. The second-order valence-electron chi connectivity index (χ2n) is 4.85. The summed E-state index contributed by atoms with van der Waals surface area (Å²) in [6, 6.07) is 0. The molecule has 0 N–H and O–H groups in total. The molecule has 0 radical (unpaired) electrons. The third kappa shape index (κ3) is 1.34. The Hall–Kier alpha value is -0.590. The van der Waals surface area contributed by atoms with Crippen LogP contribution < -0.4 is 0 Å². The largest absolute Gasteiger partial charge is 0.295 e. The van der Waals surface area contributed by atoms with E-state index in [9.17, 15) is 4.79 Å². The van der Waals surface area contributed by atoms with E-state index < -0.39 is 0 Å². The zero-order valence-electron chi connectivity index (χ0n) is 8.60. The molecule has 2 rings (SSSR count). The van der Waals surface area contributed by atoms with Gasteiger partial charge in [-0.1, -0.05) is 19.4 Å². The monoisotopic (exact) mass is 178 g/mol. The first kappa shape index (κ1) is 8.98. The van der Waals surface area contributed by atoms with Crippen LogP contribution in [0.15, 0.2) is 11.6 Å². The summed E-state index contributed by atoms with van der Waals surface area (Å²) in [4.78, 5) is 11.3. The molecule has 2 aliphatic carbocycles. The Morgan fingerprint density at radius 2 is 2.23 bits per heavy atom. The van der Waals surface area contributed by atoms with Crippen molar-refractivity contribution in [3.63, 3.8) is 0 Å². The maximum absolute atomic E-state index is 11.3. The van der Waals surface area contributed by atoms with Crippen molar-refractivity contribution in [3.05, 3.63) is 11.6 Å². The maximum atomic E-state index is 11.3. The third-order valence-electron chi connectivity index (χ3n) is 4.13. The quantitative estimate of drug-likeness (QED) is 0.557. The number of rotatable bonds is 0. The first-order chi connectivity index (χ1) is 6.13. The van der Waals surface area contributed by atoms with E-state index in [1.54, 1.807) is 0 Å². The lowest BCUT2D eigenvalue weighted by molar-refractivity contribution is -0.116. The Labute approximate surface area is 80.2 Å². The summed E-state index contributed by atoms with van der Waals surface area (Å²) in [6.45, 7) is 4.68. The molecule has 1 nitrogen and oxygen atoms in total. The van der Waals surface area contributed by atoms with Gasteiger partial charge in [-0.2, -0.15) is 0 Å². The highest BCUT2D eigenvalue weighted by Crippen LogP contribution is 2.49. The van der Waals surface area contributed by atoms with Crippen molar-refractivity contribution < 1.29 is 4.79 Å². The average molecular weight is 178 g/mol. The van der Waals surface area contributed by atoms with E-state index in [-0.39, 0.29) is 0 Å². The number of ketones is 1. The third-order valence-corrected chi connectivity index (χ3v) is 4.13. The summed E-state index contributed by atoms with van der Waals surface area (Å²) >= 11 is 0. The van der Waals surface area contributed by atoms with Gasteiger partial charge in [0, 0.05) is 6.42 Å². The fourth-order valence-electron chi connectivity index (χ4n) is 2.81. The highest BCUT2D eigenvalue weighted by molar-refractivity contribution is 5.91. The van der Waals surface area contributed by atoms with Crippen molar-refractivity contribution in [2.45, 2.75) is 46.0 Å². The molecule has 2 atom stereocenters. The summed E-state index contributed by atoms with van der Waals surface area (Å²) in [7, 11) is 0. The molecular weight excluding hydrogens is 160 g/mol. The van der Waals surface area contributed by atoms with Gasteiger partial charge in [0.25, 0.3) is 0 Å². The predicted molar refractivity (Wildman–Crippen MR) is 53.4 cm³/mol. The van der Waals surface area contributed by atoms with Crippen molar-refractivity contribution in [2.24, 2.45) is 11.3 Å². The molecule has 0 amide bonds. The Kier molecular flexibility index (Phi) is 2.05. The van der Waals surface area contributed by atoms with Gasteiger partial charge in [0.15, 0.2) is 5.78 Å². The van der Waals surface area contributed by atoms with Crippen LogP contribution in [-0.4, -0.2) is 5.78 Å². The lowest BCUT2D eigenvalue weighted by Gasteiger charge is -2.44. The molecular formula is C12H18O. The number of carbonyl (C=O) groups is 1. The molecule has 1 heteroatoms. The number of fused-ring (bicyclic) bond motifs is 1. The molecule has 13 heavy (non-hydrogen) atoms. The van der Waals surface area contributed by atoms with Crippen LogP contribution in [-0.2, 0) is 4.79 Å². The Balaban J connectivity index is 2.34. The Bertz CT molecular complexity index is 264. The molecule has 0 spiro atoms. The lowest BCUT2D eigenvalue weighted by atomic mass is 9.60. The molecule has 0 aliphatic heterocycles. The van der Waals surface area contributed by atoms with E-state index in [4.69, 9.17) is 0 Å². The van der Waals surface area contributed by atoms with Gasteiger partial charge in [-0.3, -0.25) is 4.79 Å². The first-order valence-corrected chi connectivity index (χ1v) is 5.37. The minimum Gasteiger partial charge on any atom is -0.295 e. The van der Waals surface area contributed by atoms with Crippen molar-refractivity contribution in [1.82, 2.24) is 0 Å². The van der Waals surface area contributed by atoms with E-state index >= 15 is 0 Å². The molecule has 0 aromatic carbocycles. The van der Waals surface area contributed by atoms with E-state index in [2.05, 4.69) is 13.8 Å².